The lowest BCUT2D eigenvalue weighted by Crippen LogP contribution is -2.33. The fraction of sp³-hybridized carbons (Fsp3) is 0.222. The monoisotopic (exact) mass is 356 g/mol. The number of hydrogen-bond acceptors (Lipinski definition) is 6. The number of thioether (sulfide) groups is 1. The summed E-state index contributed by atoms with van der Waals surface area (Å²) >= 11 is 1.53. The van der Waals surface area contributed by atoms with Crippen molar-refractivity contribution in [1.82, 2.24) is 16.4 Å². The lowest BCUT2D eigenvalue weighted by Gasteiger charge is -2.20. The summed E-state index contributed by atoms with van der Waals surface area (Å²) < 4.78 is 0. The Morgan fingerprint density at radius 3 is 2.64 bits per heavy atom. The van der Waals surface area contributed by atoms with Crippen molar-refractivity contribution >= 4 is 29.1 Å². The van der Waals surface area contributed by atoms with Crippen LogP contribution in [0.15, 0.2) is 54.6 Å². The van der Waals surface area contributed by atoms with E-state index in [0.29, 0.717) is 17.8 Å². The van der Waals surface area contributed by atoms with Crippen LogP contribution in [0.1, 0.15) is 28.1 Å². The lowest BCUT2D eigenvalue weighted by molar-refractivity contribution is -0.115. The fourth-order valence-corrected chi connectivity index (χ4v) is 3.65. The summed E-state index contributed by atoms with van der Waals surface area (Å²) in [6, 6.07) is 16.6. The molecule has 1 saturated heterocycles. The molecule has 2 atom stereocenters. The molecule has 3 rings (SSSR count). The maximum atomic E-state index is 12.9. The van der Waals surface area contributed by atoms with E-state index in [2.05, 4.69) is 21.7 Å². The summed E-state index contributed by atoms with van der Waals surface area (Å²) in [5.41, 5.74) is 11.0. The first-order valence-corrected chi connectivity index (χ1v) is 8.93. The molecule has 0 aliphatic carbocycles. The van der Waals surface area contributed by atoms with Gasteiger partial charge in [-0.05, 0) is 24.6 Å². The Morgan fingerprint density at radius 1 is 1.16 bits per heavy atom. The largest absolute Gasteiger partial charge is 0.325 e. The van der Waals surface area contributed by atoms with Crippen molar-refractivity contribution in [3.8, 4) is 0 Å². The zero-order chi connectivity index (χ0) is 17.6. The Labute approximate surface area is 150 Å². The molecule has 7 heteroatoms. The number of anilines is 1. The van der Waals surface area contributed by atoms with Gasteiger partial charge in [-0.2, -0.15) is 5.53 Å². The normalized spacial score (nSPS) is 17.9. The van der Waals surface area contributed by atoms with Crippen LogP contribution in [0.2, 0.25) is 0 Å². The van der Waals surface area contributed by atoms with Gasteiger partial charge in [0.2, 0.25) is 5.91 Å². The van der Waals surface area contributed by atoms with Gasteiger partial charge in [0.05, 0.1) is 5.37 Å². The number of Topliss-reactive ketones (excluding diaryl/α,β-unsaturated/α-hetero) is 1. The van der Waals surface area contributed by atoms with Gasteiger partial charge < -0.3 is 5.32 Å². The van der Waals surface area contributed by atoms with E-state index in [-0.39, 0.29) is 22.3 Å². The number of hydrogen-bond donors (Lipinski definition) is 4. The van der Waals surface area contributed by atoms with Crippen molar-refractivity contribution in [2.45, 2.75) is 17.5 Å². The summed E-state index contributed by atoms with van der Waals surface area (Å²) in [7, 11) is 0. The van der Waals surface area contributed by atoms with E-state index < -0.39 is 0 Å². The third-order valence-electron chi connectivity index (χ3n) is 3.79. The summed E-state index contributed by atoms with van der Waals surface area (Å²) in [4.78, 5) is 24.4. The summed E-state index contributed by atoms with van der Waals surface area (Å²) in [6.45, 7) is 2.22. The smallest absolute Gasteiger partial charge is 0.242 e. The molecular formula is C18H20N4O2S. The highest BCUT2D eigenvalue weighted by atomic mass is 32.2. The maximum Gasteiger partial charge on any atom is 0.242 e. The summed E-state index contributed by atoms with van der Waals surface area (Å²) in [6.07, 6.45) is 0. The predicted molar refractivity (Wildman–Crippen MR) is 99.9 cm³/mol. The molecule has 1 aliphatic rings. The van der Waals surface area contributed by atoms with Gasteiger partial charge in [-0.1, -0.05) is 42.5 Å². The van der Waals surface area contributed by atoms with Crippen molar-refractivity contribution in [2.75, 3.05) is 11.9 Å². The average Bonchev–Trinajstić information content (AvgIpc) is 3.14. The number of nitrogens with one attached hydrogen (secondary N) is 4. The summed E-state index contributed by atoms with van der Waals surface area (Å²) in [5, 5.41) is 2.62. The van der Waals surface area contributed by atoms with E-state index in [1.54, 1.807) is 24.3 Å². The SMILES string of the molecule is CC(=O)c1cccc(NC(=O)C(SC2CNNN2)c2ccccc2)c1. The fourth-order valence-electron chi connectivity index (χ4n) is 2.52. The van der Waals surface area contributed by atoms with Gasteiger partial charge in [-0.15, -0.1) is 11.8 Å². The van der Waals surface area contributed by atoms with Crippen molar-refractivity contribution in [3.63, 3.8) is 0 Å². The Morgan fingerprint density at radius 2 is 1.96 bits per heavy atom. The molecule has 6 nitrogen and oxygen atoms in total. The molecule has 0 saturated carbocycles. The highest BCUT2D eigenvalue weighted by Gasteiger charge is 2.27. The number of hydrazine groups is 2. The van der Waals surface area contributed by atoms with Crippen LogP contribution in [0.5, 0.6) is 0 Å². The van der Waals surface area contributed by atoms with Crippen LogP contribution in [-0.4, -0.2) is 23.6 Å². The standard InChI is InChI=1S/C18H20N4O2S/c1-12(23)14-8-5-9-15(10-14)20-18(24)17(13-6-3-2-4-7-13)25-16-11-19-22-21-16/h2-10,16-17,19,21-22H,11H2,1H3,(H,20,24). The number of carbonyl (C=O) groups is 2. The molecule has 1 amide bonds. The number of ketones is 1. The van der Waals surface area contributed by atoms with Crippen molar-refractivity contribution < 1.29 is 9.59 Å². The van der Waals surface area contributed by atoms with Crippen molar-refractivity contribution in [3.05, 3.63) is 65.7 Å². The third-order valence-corrected chi connectivity index (χ3v) is 5.16. The maximum absolute atomic E-state index is 12.9. The molecule has 0 spiro atoms. The van der Waals surface area contributed by atoms with Crippen LogP contribution in [0, 0.1) is 0 Å². The topological polar surface area (TPSA) is 82.3 Å². The quantitative estimate of drug-likeness (QED) is 0.594. The molecule has 25 heavy (non-hydrogen) atoms. The minimum atomic E-state index is -0.374. The van der Waals surface area contributed by atoms with Crippen molar-refractivity contribution in [1.29, 1.82) is 0 Å². The van der Waals surface area contributed by atoms with Gasteiger partial charge in [0.15, 0.2) is 5.78 Å². The van der Waals surface area contributed by atoms with Crippen LogP contribution >= 0.6 is 11.8 Å². The van der Waals surface area contributed by atoms with Crippen LogP contribution in [0.3, 0.4) is 0 Å². The highest BCUT2D eigenvalue weighted by molar-refractivity contribution is 8.00. The molecule has 130 valence electrons. The second-order valence-corrected chi connectivity index (χ2v) is 7.00. The van der Waals surface area contributed by atoms with Gasteiger partial charge in [0.25, 0.3) is 0 Å². The van der Waals surface area contributed by atoms with Gasteiger partial charge in [0.1, 0.15) is 5.25 Å². The number of benzene rings is 2. The minimum Gasteiger partial charge on any atom is -0.325 e. The molecule has 0 radical (unpaired) electrons. The Kier molecular flexibility index (Phi) is 5.83. The molecule has 0 bridgehead atoms. The molecule has 1 fully saturated rings. The van der Waals surface area contributed by atoms with E-state index in [1.807, 2.05) is 30.3 Å². The Bertz CT molecular complexity index is 748. The zero-order valence-corrected chi connectivity index (χ0v) is 14.6. The van der Waals surface area contributed by atoms with Crippen LogP contribution in [0.25, 0.3) is 0 Å². The molecule has 1 aliphatic heterocycles. The molecule has 2 aromatic rings. The molecule has 4 N–H and O–H groups in total. The Hall–Kier alpha value is -2.19. The van der Waals surface area contributed by atoms with Crippen LogP contribution in [-0.2, 0) is 4.79 Å². The highest BCUT2D eigenvalue weighted by Crippen LogP contribution is 2.33. The number of rotatable bonds is 6. The number of amides is 1. The van der Waals surface area contributed by atoms with Gasteiger partial charge in [-0.25, -0.2) is 10.9 Å². The first kappa shape index (κ1) is 17.6. The minimum absolute atomic E-state index is 0.0302. The van der Waals surface area contributed by atoms with Gasteiger partial charge in [0, 0.05) is 17.8 Å². The number of carbonyl (C=O) groups excluding carboxylic acids is 2. The van der Waals surface area contributed by atoms with E-state index in [4.69, 9.17) is 0 Å². The van der Waals surface area contributed by atoms with E-state index in [1.165, 1.54) is 18.7 Å². The first-order valence-electron chi connectivity index (χ1n) is 7.99. The van der Waals surface area contributed by atoms with Gasteiger partial charge in [-0.3, -0.25) is 9.59 Å². The van der Waals surface area contributed by atoms with Crippen LogP contribution < -0.4 is 21.7 Å². The van der Waals surface area contributed by atoms with Gasteiger partial charge >= 0.3 is 0 Å². The molecular weight excluding hydrogens is 336 g/mol. The predicted octanol–water partition coefficient (Wildman–Crippen LogP) is 2.24. The molecule has 2 unspecified atom stereocenters. The van der Waals surface area contributed by atoms with E-state index in [0.717, 1.165) is 5.56 Å². The second-order valence-electron chi connectivity index (χ2n) is 5.69. The van der Waals surface area contributed by atoms with Crippen molar-refractivity contribution in [2.24, 2.45) is 0 Å². The molecule has 1 heterocycles. The Balaban J connectivity index is 1.78. The van der Waals surface area contributed by atoms with E-state index in [9.17, 15) is 9.59 Å². The first-order chi connectivity index (χ1) is 12.1. The molecule has 0 aromatic heterocycles. The average molecular weight is 356 g/mol. The third kappa shape index (κ3) is 4.67. The zero-order valence-electron chi connectivity index (χ0n) is 13.8. The lowest BCUT2D eigenvalue weighted by atomic mass is 10.1. The molecule has 2 aromatic carbocycles. The van der Waals surface area contributed by atoms with E-state index >= 15 is 0 Å². The summed E-state index contributed by atoms with van der Waals surface area (Å²) in [5.74, 6) is -0.150. The van der Waals surface area contributed by atoms with Crippen LogP contribution in [0.4, 0.5) is 5.69 Å². The second kappa shape index (κ2) is 8.26.